The van der Waals surface area contributed by atoms with Crippen LogP contribution in [0.5, 0.6) is 0 Å². The highest BCUT2D eigenvalue weighted by molar-refractivity contribution is 6.41. The van der Waals surface area contributed by atoms with Gasteiger partial charge in [0.1, 0.15) is 11.2 Å². The number of amides is 2. The first-order valence-electron chi connectivity index (χ1n) is 13.9. The van der Waals surface area contributed by atoms with Crippen LogP contribution in [0.1, 0.15) is 50.3 Å². The van der Waals surface area contributed by atoms with Crippen molar-refractivity contribution in [1.82, 2.24) is 20.1 Å². The van der Waals surface area contributed by atoms with Crippen molar-refractivity contribution >= 4 is 53.4 Å². The van der Waals surface area contributed by atoms with Crippen molar-refractivity contribution in [2.75, 3.05) is 19.7 Å². The van der Waals surface area contributed by atoms with Crippen LogP contribution in [0.25, 0.3) is 0 Å². The zero-order valence-electron chi connectivity index (χ0n) is 23.1. The van der Waals surface area contributed by atoms with Gasteiger partial charge in [0.15, 0.2) is 0 Å². The smallest absolute Gasteiger partial charge is 0.305 e. The summed E-state index contributed by atoms with van der Waals surface area (Å²) in [6.07, 6.45) is 3.19. The van der Waals surface area contributed by atoms with Gasteiger partial charge in [0, 0.05) is 31.6 Å². The number of ether oxygens (including phenoxy) is 1. The molecular weight excluding hydrogens is 589 g/mol. The number of halogens is 3. The Hall–Kier alpha value is -2.43. The van der Waals surface area contributed by atoms with Crippen molar-refractivity contribution in [3.63, 3.8) is 0 Å². The molecule has 1 aromatic heterocycles. The number of aromatic nitrogens is 1. The van der Waals surface area contributed by atoms with Crippen LogP contribution in [0.2, 0.25) is 10.2 Å². The second kappa shape index (κ2) is 15.7. The molecule has 0 bridgehead atoms. The summed E-state index contributed by atoms with van der Waals surface area (Å²) in [5, 5.41) is 3.35. The van der Waals surface area contributed by atoms with E-state index in [1.807, 2.05) is 18.2 Å². The maximum Gasteiger partial charge on any atom is 0.305 e. The molecule has 2 amide bonds. The van der Waals surface area contributed by atoms with E-state index in [2.05, 4.69) is 27.3 Å². The minimum absolute atomic E-state index is 0. The third kappa shape index (κ3) is 8.78. The molecule has 2 fully saturated rings. The van der Waals surface area contributed by atoms with Gasteiger partial charge in [0.25, 0.3) is 0 Å². The van der Waals surface area contributed by atoms with E-state index in [9.17, 15) is 14.4 Å². The first kappa shape index (κ1) is 33.1. The van der Waals surface area contributed by atoms with E-state index >= 15 is 0 Å². The minimum Gasteiger partial charge on any atom is -0.466 e. The third-order valence-corrected chi connectivity index (χ3v) is 8.32. The molecule has 4 rings (SSSR count). The Morgan fingerprint density at radius 3 is 2.66 bits per heavy atom. The van der Waals surface area contributed by atoms with Gasteiger partial charge in [-0.1, -0.05) is 53.5 Å². The number of carbonyl (C=O) groups is 3. The molecule has 4 atom stereocenters. The number of fused-ring (bicyclic) bond motifs is 1. The lowest BCUT2D eigenvalue weighted by Gasteiger charge is -2.32. The standard InChI is InChI=1S/C29H37Cl2N5O4.ClH/c1-2-40-26(37)13-12-24(28(38)33-17-21-9-11-23(30)27(31)34-21)35-15-14-22(10-8-19-6-4-3-5-7-19)36-18-20(32)16-25(36)29(35)39;/h3-7,9,11,20,22,24-25H,2,8,10,12-18,32H2,1H3,(H,33,38);1H/t20-,22?,24-,25+;/m1./s1. The lowest BCUT2D eigenvalue weighted by atomic mass is 10.0. The average Bonchev–Trinajstić information content (AvgIpc) is 3.29. The Kier molecular flexibility index (Phi) is 12.7. The SMILES string of the molecule is CCOC(=O)CC[C@H](C(=O)NCc1ccc(Cl)c(Cl)n1)N1CCC(CCc2ccccc2)N2C[C@H](N)C[C@H]2C1=O.Cl. The number of aryl methyl sites for hydroxylation is 1. The van der Waals surface area contributed by atoms with Gasteiger partial charge in [0.05, 0.1) is 29.9 Å². The van der Waals surface area contributed by atoms with Gasteiger partial charge in [-0.3, -0.25) is 19.3 Å². The number of nitrogens with two attached hydrogens (primary N) is 1. The fraction of sp³-hybridized carbons (Fsp3) is 0.517. The van der Waals surface area contributed by atoms with Crippen LogP contribution in [-0.2, 0) is 32.1 Å². The highest BCUT2D eigenvalue weighted by Crippen LogP contribution is 2.30. The Morgan fingerprint density at radius 1 is 1.20 bits per heavy atom. The molecule has 3 N–H and O–H groups in total. The summed E-state index contributed by atoms with van der Waals surface area (Å²) in [5.41, 5.74) is 8.12. The summed E-state index contributed by atoms with van der Waals surface area (Å²) in [4.78, 5) is 47.8. The number of pyridine rings is 1. The van der Waals surface area contributed by atoms with Crippen LogP contribution in [0.15, 0.2) is 42.5 Å². The molecule has 0 radical (unpaired) electrons. The minimum atomic E-state index is -0.841. The largest absolute Gasteiger partial charge is 0.466 e. The Morgan fingerprint density at radius 2 is 1.95 bits per heavy atom. The molecular formula is C29H38Cl3N5O4. The molecule has 2 aromatic rings. The monoisotopic (exact) mass is 625 g/mol. The van der Waals surface area contributed by atoms with E-state index in [0.29, 0.717) is 36.6 Å². The van der Waals surface area contributed by atoms with Crippen LogP contribution < -0.4 is 11.1 Å². The van der Waals surface area contributed by atoms with Crippen molar-refractivity contribution in [3.8, 4) is 0 Å². The number of benzene rings is 1. The van der Waals surface area contributed by atoms with Gasteiger partial charge >= 0.3 is 5.97 Å². The maximum atomic E-state index is 14.0. The quantitative estimate of drug-likeness (QED) is 0.288. The Bertz CT molecular complexity index is 1190. The van der Waals surface area contributed by atoms with Gasteiger partial charge < -0.3 is 20.7 Å². The fourth-order valence-electron chi connectivity index (χ4n) is 5.66. The second-order valence-corrected chi connectivity index (χ2v) is 11.1. The normalized spacial score (nSPS) is 21.4. The summed E-state index contributed by atoms with van der Waals surface area (Å²) in [6, 6.07) is 12.4. The summed E-state index contributed by atoms with van der Waals surface area (Å²) in [6.45, 7) is 3.14. The first-order valence-corrected chi connectivity index (χ1v) is 14.6. The summed E-state index contributed by atoms with van der Waals surface area (Å²) in [5.74, 6) is -0.882. The molecule has 12 heteroatoms. The molecule has 1 aromatic carbocycles. The van der Waals surface area contributed by atoms with Crippen LogP contribution in [0.3, 0.4) is 0 Å². The number of hydrogen-bond donors (Lipinski definition) is 2. The first-order chi connectivity index (χ1) is 19.3. The van der Waals surface area contributed by atoms with E-state index in [1.54, 1.807) is 24.0 Å². The Balaban J connectivity index is 0.00000462. The van der Waals surface area contributed by atoms with E-state index in [0.717, 1.165) is 12.8 Å². The number of esters is 1. The molecule has 2 aliphatic heterocycles. The van der Waals surface area contributed by atoms with Crippen molar-refractivity contribution in [3.05, 3.63) is 63.9 Å². The van der Waals surface area contributed by atoms with E-state index in [1.165, 1.54) is 5.56 Å². The molecule has 0 spiro atoms. The van der Waals surface area contributed by atoms with Crippen LogP contribution in [0, 0.1) is 0 Å². The molecule has 1 unspecified atom stereocenters. The highest BCUT2D eigenvalue weighted by Gasteiger charge is 2.45. The molecule has 2 aliphatic rings. The molecule has 2 saturated heterocycles. The van der Waals surface area contributed by atoms with E-state index in [-0.39, 0.29) is 67.5 Å². The van der Waals surface area contributed by atoms with Crippen molar-refractivity contribution in [1.29, 1.82) is 0 Å². The lowest BCUT2D eigenvalue weighted by molar-refractivity contribution is -0.147. The zero-order chi connectivity index (χ0) is 28.6. The summed E-state index contributed by atoms with van der Waals surface area (Å²) < 4.78 is 5.10. The van der Waals surface area contributed by atoms with Crippen molar-refractivity contribution in [2.24, 2.45) is 5.73 Å². The van der Waals surface area contributed by atoms with Gasteiger partial charge in [-0.15, -0.1) is 12.4 Å². The average molecular weight is 627 g/mol. The molecule has 41 heavy (non-hydrogen) atoms. The van der Waals surface area contributed by atoms with E-state index < -0.39 is 18.1 Å². The number of rotatable bonds is 11. The number of nitrogens with one attached hydrogen (secondary N) is 1. The number of nitrogens with zero attached hydrogens (tertiary/aromatic N) is 3. The molecule has 9 nitrogen and oxygen atoms in total. The van der Waals surface area contributed by atoms with Crippen LogP contribution in [0.4, 0.5) is 0 Å². The fourth-order valence-corrected chi connectivity index (χ4v) is 5.94. The Labute approximate surface area is 257 Å². The summed E-state index contributed by atoms with van der Waals surface area (Å²) in [7, 11) is 0. The second-order valence-electron chi connectivity index (χ2n) is 10.4. The van der Waals surface area contributed by atoms with Crippen LogP contribution >= 0.6 is 35.6 Å². The zero-order valence-corrected chi connectivity index (χ0v) is 25.5. The highest BCUT2D eigenvalue weighted by atomic mass is 35.5. The molecule has 3 heterocycles. The van der Waals surface area contributed by atoms with Gasteiger partial charge in [-0.2, -0.15) is 0 Å². The molecule has 0 aliphatic carbocycles. The maximum absolute atomic E-state index is 14.0. The van der Waals surface area contributed by atoms with Gasteiger partial charge in [-0.25, -0.2) is 4.98 Å². The lowest BCUT2D eigenvalue weighted by Crippen LogP contribution is -2.53. The van der Waals surface area contributed by atoms with Crippen molar-refractivity contribution < 1.29 is 19.1 Å². The number of hydrogen-bond acceptors (Lipinski definition) is 7. The molecule has 224 valence electrons. The summed E-state index contributed by atoms with van der Waals surface area (Å²) >= 11 is 12.0. The third-order valence-electron chi connectivity index (χ3n) is 7.63. The van der Waals surface area contributed by atoms with E-state index in [4.69, 9.17) is 33.7 Å². The van der Waals surface area contributed by atoms with Crippen molar-refractivity contribution in [2.45, 2.75) is 76.2 Å². The van der Waals surface area contributed by atoms with Gasteiger partial charge in [-0.05, 0) is 56.7 Å². The predicted molar refractivity (Wildman–Crippen MR) is 161 cm³/mol. The molecule has 0 saturated carbocycles. The number of carbonyl (C=O) groups excluding carboxylic acids is 3. The predicted octanol–water partition coefficient (Wildman–Crippen LogP) is 3.77. The topological polar surface area (TPSA) is 118 Å². The van der Waals surface area contributed by atoms with Gasteiger partial charge in [0.2, 0.25) is 11.8 Å². The van der Waals surface area contributed by atoms with Crippen LogP contribution in [-0.4, -0.2) is 76.4 Å².